The molecular weight excluding hydrogens is 388 g/mol. The second-order valence-corrected chi connectivity index (χ2v) is 8.52. The van der Waals surface area contributed by atoms with E-state index in [-0.39, 0.29) is 5.91 Å². The van der Waals surface area contributed by atoms with Gasteiger partial charge in [-0.15, -0.1) is 11.3 Å². The van der Waals surface area contributed by atoms with Crippen molar-refractivity contribution in [1.29, 1.82) is 0 Å². The minimum Gasteiger partial charge on any atom is -0.454 e. The van der Waals surface area contributed by atoms with Gasteiger partial charge in [0, 0.05) is 13.1 Å². The van der Waals surface area contributed by atoms with Crippen LogP contribution in [0.15, 0.2) is 40.2 Å². The zero-order chi connectivity index (χ0) is 19.8. The zero-order valence-corrected chi connectivity index (χ0v) is 17.0. The number of likely N-dealkylation sites (tertiary alicyclic amines) is 1. The molecule has 7 heteroatoms. The van der Waals surface area contributed by atoms with Crippen LogP contribution in [0.25, 0.3) is 10.6 Å². The monoisotopic (exact) mass is 410 g/mol. The molecule has 3 aromatic rings. The van der Waals surface area contributed by atoms with Crippen molar-refractivity contribution < 1.29 is 18.8 Å². The highest BCUT2D eigenvalue weighted by Gasteiger charge is 2.30. The van der Waals surface area contributed by atoms with Crippen LogP contribution in [0, 0.1) is 12.8 Å². The van der Waals surface area contributed by atoms with E-state index >= 15 is 0 Å². The number of fused-ring (bicyclic) bond motifs is 1. The van der Waals surface area contributed by atoms with Crippen molar-refractivity contribution in [2.24, 2.45) is 5.92 Å². The lowest BCUT2D eigenvalue weighted by Crippen LogP contribution is -2.39. The summed E-state index contributed by atoms with van der Waals surface area (Å²) in [6.07, 6.45) is 2.96. The lowest BCUT2D eigenvalue weighted by Gasteiger charge is -2.32. The number of aromatic nitrogens is 1. The molecule has 29 heavy (non-hydrogen) atoms. The first-order valence-electron chi connectivity index (χ1n) is 9.87. The number of amides is 1. The van der Waals surface area contributed by atoms with Crippen LogP contribution >= 0.6 is 11.3 Å². The summed E-state index contributed by atoms with van der Waals surface area (Å²) in [6, 6.07) is 10.1. The third kappa shape index (κ3) is 3.51. The van der Waals surface area contributed by atoms with Crippen LogP contribution in [0.5, 0.6) is 11.5 Å². The molecule has 0 unspecified atom stereocenters. The van der Waals surface area contributed by atoms with Gasteiger partial charge in [-0.3, -0.25) is 4.79 Å². The number of thiophene rings is 1. The van der Waals surface area contributed by atoms with Gasteiger partial charge < -0.3 is 18.9 Å². The first-order valence-corrected chi connectivity index (χ1v) is 10.7. The molecule has 150 valence electrons. The number of benzene rings is 1. The summed E-state index contributed by atoms with van der Waals surface area (Å²) in [6.45, 7) is 3.64. The van der Waals surface area contributed by atoms with Gasteiger partial charge in [0.05, 0.1) is 10.6 Å². The van der Waals surface area contributed by atoms with Gasteiger partial charge in [-0.2, -0.15) is 0 Å². The summed E-state index contributed by atoms with van der Waals surface area (Å²) in [5.41, 5.74) is 2.51. The Balaban J connectivity index is 1.24. The van der Waals surface area contributed by atoms with E-state index in [2.05, 4.69) is 17.3 Å². The van der Waals surface area contributed by atoms with Gasteiger partial charge in [-0.1, -0.05) is 17.3 Å². The second kappa shape index (κ2) is 7.55. The summed E-state index contributed by atoms with van der Waals surface area (Å²) >= 11 is 1.55. The number of ether oxygens (including phenoxy) is 2. The number of rotatable bonds is 4. The predicted molar refractivity (Wildman–Crippen MR) is 109 cm³/mol. The largest absolute Gasteiger partial charge is 0.454 e. The van der Waals surface area contributed by atoms with Crippen LogP contribution in [0.4, 0.5) is 0 Å². The molecule has 0 aliphatic carbocycles. The summed E-state index contributed by atoms with van der Waals surface area (Å²) in [5, 5.41) is 6.03. The lowest BCUT2D eigenvalue weighted by atomic mass is 9.89. The highest BCUT2D eigenvalue weighted by molar-refractivity contribution is 7.13. The molecular formula is C22H22N2O4S. The molecule has 1 saturated heterocycles. The molecule has 2 aliphatic heterocycles. The molecule has 0 saturated carbocycles. The standard InChI is InChI=1S/C22H22N2O4S/c1-14-20(21(28-23-14)19-3-2-10-29-19)22(25)24-8-6-15(7-9-24)11-16-4-5-17-18(12-16)27-13-26-17/h2-5,10,12,15H,6-9,11,13H2,1H3. The minimum atomic E-state index is 0.0219. The molecule has 2 aromatic heterocycles. The molecule has 1 fully saturated rings. The van der Waals surface area contributed by atoms with Gasteiger partial charge in [0.1, 0.15) is 5.56 Å². The minimum absolute atomic E-state index is 0.0219. The van der Waals surface area contributed by atoms with Crippen molar-refractivity contribution in [3.05, 3.63) is 52.5 Å². The van der Waals surface area contributed by atoms with Crippen molar-refractivity contribution in [2.45, 2.75) is 26.2 Å². The Morgan fingerprint density at radius 2 is 2.03 bits per heavy atom. The molecule has 6 nitrogen and oxygen atoms in total. The Morgan fingerprint density at radius 3 is 2.83 bits per heavy atom. The molecule has 2 aliphatic rings. The molecule has 0 atom stereocenters. The van der Waals surface area contributed by atoms with Crippen LogP contribution in [0.1, 0.15) is 34.5 Å². The van der Waals surface area contributed by atoms with Crippen LogP contribution < -0.4 is 9.47 Å². The summed E-state index contributed by atoms with van der Waals surface area (Å²) in [5.74, 6) is 2.82. The number of aryl methyl sites for hydroxylation is 1. The fourth-order valence-corrected chi connectivity index (χ4v) is 4.80. The Kier molecular flexibility index (Phi) is 4.75. The fourth-order valence-electron chi connectivity index (χ4n) is 4.10. The maximum Gasteiger partial charge on any atom is 0.259 e. The van der Waals surface area contributed by atoms with E-state index in [1.54, 1.807) is 11.3 Å². The Labute approximate surface area is 173 Å². The Bertz CT molecular complexity index is 1020. The van der Waals surface area contributed by atoms with Gasteiger partial charge in [0.25, 0.3) is 5.91 Å². The van der Waals surface area contributed by atoms with Gasteiger partial charge in [0.2, 0.25) is 6.79 Å². The number of piperidine rings is 1. The van der Waals surface area contributed by atoms with Crippen molar-refractivity contribution in [3.8, 4) is 22.1 Å². The topological polar surface area (TPSA) is 64.8 Å². The molecule has 0 bridgehead atoms. The molecule has 4 heterocycles. The van der Waals surface area contributed by atoms with Gasteiger partial charge in [-0.25, -0.2) is 0 Å². The number of carbonyl (C=O) groups excluding carboxylic acids is 1. The van der Waals surface area contributed by atoms with Crippen LogP contribution in [0.3, 0.4) is 0 Å². The van der Waals surface area contributed by atoms with E-state index in [9.17, 15) is 4.79 Å². The molecule has 1 aromatic carbocycles. The van der Waals surface area contributed by atoms with Gasteiger partial charge in [0.15, 0.2) is 17.3 Å². The number of nitrogens with zero attached hydrogens (tertiary/aromatic N) is 2. The normalized spacial score (nSPS) is 16.4. The van der Waals surface area contributed by atoms with Crippen molar-refractivity contribution in [3.63, 3.8) is 0 Å². The van der Waals surface area contributed by atoms with Crippen molar-refractivity contribution in [2.75, 3.05) is 19.9 Å². The molecule has 1 amide bonds. The van der Waals surface area contributed by atoms with Gasteiger partial charge in [-0.05, 0) is 61.2 Å². The fraction of sp³-hybridized carbons (Fsp3) is 0.364. The highest BCUT2D eigenvalue weighted by Crippen LogP contribution is 2.35. The van der Waals surface area contributed by atoms with E-state index in [0.717, 1.165) is 48.7 Å². The average molecular weight is 410 g/mol. The average Bonchev–Trinajstić information content (AvgIpc) is 3.48. The SMILES string of the molecule is Cc1noc(-c2cccs2)c1C(=O)N1CCC(Cc2ccc3c(c2)OCO3)CC1. The van der Waals surface area contributed by atoms with Crippen LogP contribution in [0.2, 0.25) is 0 Å². The molecule has 0 spiro atoms. The number of hydrogen-bond donors (Lipinski definition) is 0. The van der Waals surface area contributed by atoms with E-state index in [1.165, 1.54) is 5.56 Å². The first-order chi connectivity index (χ1) is 14.2. The number of hydrogen-bond acceptors (Lipinski definition) is 6. The maximum atomic E-state index is 13.2. The van der Waals surface area contributed by atoms with E-state index < -0.39 is 0 Å². The third-order valence-electron chi connectivity index (χ3n) is 5.68. The van der Waals surface area contributed by atoms with Crippen LogP contribution in [-0.4, -0.2) is 35.8 Å². The van der Waals surface area contributed by atoms with Crippen molar-refractivity contribution >= 4 is 17.2 Å². The van der Waals surface area contributed by atoms with E-state index in [1.807, 2.05) is 35.4 Å². The predicted octanol–water partition coefficient (Wildman–Crippen LogP) is 4.54. The third-order valence-corrected chi connectivity index (χ3v) is 6.55. The Morgan fingerprint density at radius 1 is 1.21 bits per heavy atom. The zero-order valence-electron chi connectivity index (χ0n) is 16.2. The van der Waals surface area contributed by atoms with E-state index in [4.69, 9.17) is 14.0 Å². The smallest absolute Gasteiger partial charge is 0.259 e. The molecule has 0 radical (unpaired) electrons. The maximum absolute atomic E-state index is 13.2. The summed E-state index contributed by atoms with van der Waals surface area (Å²) in [4.78, 5) is 16.1. The quantitative estimate of drug-likeness (QED) is 0.632. The highest BCUT2D eigenvalue weighted by atomic mass is 32.1. The van der Waals surface area contributed by atoms with E-state index in [0.29, 0.717) is 29.7 Å². The lowest BCUT2D eigenvalue weighted by molar-refractivity contribution is 0.0690. The summed E-state index contributed by atoms with van der Waals surface area (Å²) in [7, 11) is 0. The van der Waals surface area contributed by atoms with Crippen LogP contribution in [-0.2, 0) is 6.42 Å². The summed E-state index contributed by atoms with van der Waals surface area (Å²) < 4.78 is 16.3. The van der Waals surface area contributed by atoms with Gasteiger partial charge >= 0.3 is 0 Å². The molecule has 5 rings (SSSR count). The second-order valence-electron chi connectivity index (χ2n) is 7.58. The Hall–Kier alpha value is -2.80. The first kappa shape index (κ1) is 18.2. The van der Waals surface area contributed by atoms with Crippen molar-refractivity contribution in [1.82, 2.24) is 10.1 Å². The number of carbonyl (C=O) groups is 1. The molecule has 0 N–H and O–H groups in total.